The van der Waals surface area contributed by atoms with Gasteiger partial charge in [0.25, 0.3) is 11.4 Å². The van der Waals surface area contributed by atoms with Crippen LogP contribution >= 0.6 is 0 Å². The molecule has 0 atom stereocenters. The number of aryl methyl sites for hydroxylation is 4. The van der Waals surface area contributed by atoms with Crippen molar-refractivity contribution in [3.8, 4) is 22.3 Å². The van der Waals surface area contributed by atoms with Crippen molar-refractivity contribution < 1.29 is 9.85 Å². The van der Waals surface area contributed by atoms with E-state index in [1.54, 1.807) is 24.3 Å². The van der Waals surface area contributed by atoms with Crippen LogP contribution in [-0.4, -0.2) is 29.8 Å². The Hall–Kier alpha value is -6.16. The van der Waals surface area contributed by atoms with E-state index in [2.05, 4.69) is 77.5 Å². The van der Waals surface area contributed by atoms with Gasteiger partial charge in [-0.05, 0) is 143 Å². The summed E-state index contributed by atoms with van der Waals surface area (Å²) >= 11 is 0. The van der Waals surface area contributed by atoms with Gasteiger partial charge in [0.1, 0.15) is 0 Å². The van der Waals surface area contributed by atoms with Crippen LogP contribution in [0.1, 0.15) is 126 Å². The average Bonchev–Trinajstić information content (AvgIpc) is 3.97. The fourth-order valence-corrected chi connectivity index (χ4v) is 9.34. The molecule has 0 amide bonds. The second kappa shape index (κ2) is 16.4. The van der Waals surface area contributed by atoms with Gasteiger partial charge in [-0.15, -0.1) is 0 Å². The van der Waals surface area contributed by atoms with Crippen molar-refractivity contribution in [1.29, 1.82) is 0 Å². The number of nitro benzene ring substituents is 2. The molecule has 0 radical (unpaired) electrons. The molecule has 5 heterocycles. The van der Waals surface area contributed by atoms with E-state index in [4.69, 9.17) is 9.97 Å². The summed E-state index contributed by atoms with van der Waals surface area (Å²) in [6.45, 7) is 17.4. The summed E-state index contributed by atoms with van der Waals surface area (Å²) in [5.74, 6) is 0. The smallest absolute Gasteiger partial charge is 0.269 e. The van der Waals surface area contributed by atoms with Crippen LogP contribution in [0.15, 0.2) is 60.7 Å². The Labute approximate surface area is 339 Å². The molecule has 0 spiro atoms. The summed E-state index contributed by atoms with van der Waals surface area (Å²) in [6, 6.07) is 18.2. The maximum Gasteiger partial charge on any atom is 0.269 e. The van der Waals surface area contributed by atoms with Crippen molar-refractivity contribution in [1.82, 2.24) is 19.9 Å². The quantitative estimate of drug-likeness (QED) is 0.0953. The minimum Gasteiger partial charge on any atom is -0.354 e. The third kappa shape index (κ3) is 6.64. The number of nitro groups is 2. The molecule has 2 aliphatic rings. The van der Waals surface area contributed by atoms with E-state index < -0.39 is 0 Å². The first-order valence-corrected chi connectivity index (χ1v) is 20.9. The van der Waals surface area contributed by atoms with E-state index >= 15 is 0 Å². The van der Waals surface area contributed by atoms with E-state index in [0.717, 1.165) is 130 Å². The van der Waals surface area contributed by atoms with E-state index in [1.807, 2.05) is 24.3 Å². The van der Waals surface area contributed by atoms with Crippen molar-refractivity contribution in [2.24, 2.45) is 0 Å². The largest absolute Gasteiger partial charge is 0.354 e. The SMILES string of the molecule is CCC1=C(CC)c2nc1cc1[nH]c(c(CC)c1CC)c(-c1ccc([N+](=O)[O-])cc1)c1[nH]c(cc3nc(c2-c2ccc([N+](=O)[O-])cc2)C(CC)=C3CC)c(CC)c1CC. The lowest BCUT2D eigenvalue weighted by Crippen LogP contribution is -1.96. The maximum atomic E-state index is 11.8. The fraction of sp³-hybridized carbons (Fsp3) is 0.333. The Kier molecular flexibility index (Phi) is 11.3. The van der Waals surface area contributed by atoms with E-state index in [9.17, 15) is 20.2 Å². The van der Waals surface area contributed by atoms with Gasteiger partial charge in [-0.2, -0.15) is 0 Å². The number of allylic oxidation sites excluding steroid dienone is 4. The molecule has 0 fully saturated rings. The van der Waals surface area contributed by atoms with Gasteiger partial charge in [-0.1, -0.05) is 55.4 Å². The van der Waals surface area contributed by atoms with Crippen LogP contribution in [0.2, 0.25) is 0 Å². The highest BCUT2D eigenvalue weighted by molar-refractivity contribution is 6.04. The molecule has 298 valence electrons. The number of rotatable bonds is 12. The van der Waals surface area contributed by atoms with E-state index in [0.29, 0.717) is 0 Å². The molecule has 0 aliphatic carbocycles. The summed E-state index contributed by atoms with van der Waals surface area (Å²) in [5.41, 5.74) is 20.6. The van der Waals surface area contributed by atoms with Crippen LogP contribution < -0.4 is 0 Å². The zero-order chi connectivity index (χ0) is 41.4. The lowest BCUT2D eigenvalue weighted by atomic mass is 9.90. The number of aromatic amines is 2. The monoisotopic (exact) mass is 776 g/mol. The molecule has 2 N–H and O–H groups in total. The molecule has 0 saturated carbocycles. The minimum absolute atomic E-state index is 0.0362. The molecule has 10 heteroatoms. The standard InChI is InChI=1S/C48H52N6O4/c1-9-31-35(13-5)45-43(27-17-21-29(22-18-27)53(55)56)46-37(15-7)33(11-3)41(51-46)26-42-34(12-4)38(16-8)48(52-42)44(28-19-23-30(24-20-28)54(57)58)47-36(14-6)32(10-2)40(50-47)25-39(31)49-45/h17-26,49,51H,9-16H2,1-8H3. The molecule has 10 nitrogen and oxygen atoms in total. The highest BCUT2D eigenvalue weighted by Crippen LogP contribution is 2.46. The fourth-order valence-electron chi connectivity index (χ4n) is 9.34. The number of hydrogen-bond acceptors (Lipinski definition) is 6. The molecule has 58 heavy (non-hydrogen) atoms. The maximum absolute atomic E-state index is 11.8. The first-order valence-electron chi connectivity index (χ1n) is 20.9. The van der Waals surface area contributed by atoms with Crippen molar-refractivity contribution >= 4 is 55.7 Å². The topological polar surface area (TPSA) is 144 Å². The molecule has 7 rings (SSSR count). The Morgan fingerprint density at radius 3 is 1.12 bits per heavy atom. The minimum atomic E-state index is -0.361. The molecule has 0 saturated heterocycles. The first-order chi connectivity index (χ1) is 28.1. The van der Waals surface area contributed by atoms with Gasteiger partial charge in [-0.3, -0.25) is 20.2 Å². The summed E-state index contributed by atoms with van der Waals surface area (Å²) in [4.78, 5) is 41.8. The van der Waals surface area contributed by atoms with Crippen LogP contribution in [-0.2, 0) is 25.7 Å². The zero-order valence-electron chi connectivity index (χ0n) is 34.9. The van der Waals surface area contributed by atoms with Gasteiger partial charge >= 0.3 is 0 Å². The highest BCUT2D eigenvalue weighted by atomic mass is 16.6. The molecule has 8 bridgehead atoms. The number of fused-ring (bicyclic) bond motifs is 8. The van der Waals surface area contributed by atoms with Gasteiger partial charge in [0.05, 0.1) is 43.7 Å². The van der Waals surface area contributed by atoms with Gasteiger partial charge < -0.3 is 9.97 Å². The van der Waals surface area contributed by atoms with E-state index in [-0.39, 0.29) is 21.2 Å². The van der Waals surface area contributed by atoms with Crippen LogP contribution in [0.4, 0.5) is 11.4 Å². The summed E-state index contributed by atoms with van der Waals surface area (Å²) < 4.78 is 0. The second-order valence-electron chi connectivity index (χ2n) is 14.8. The lowest BCUT2D eigenvalue weighted by molar-refractivity contribution is -0.385. The number of hydrogen-bond donors (Lipinski definition) is 2. The van der Waals surface area contributed by atoms with Gasteiger partial charge in [0.15, 0.2) is 0 Å². The van der Waals surface area contributed by atoms with Gasteiger partial charge in [-0.25, -0.2) is 9.97 Å². The van der Waals surface area contributed by atoms with Crippen LogP contribution in [0, 0.1) is 20.2 Å². The Bertz CT molecular complexity index is 2570. The predicted octanol–water partition coefficient (Wildman–Crippen LogP) is 13.2. The Balaban J connectivity index is 1.78. The molecule has 2 aromatic carbocycles. The molecule has 0 unspecified atom stereocenters. The second-order valence-corrected chi connectivity index (χ2v) is 14.8. The van der Waals surface area contributed by atoms with Crippen LogP contribution in [0.5, 0.6) is 0 Å². The molecule has 3 aromatic heterocycles. The van der Waals surface area contributed by atoms with Crippen molar-refractivity contribution in [3.63, 3.8) is 0 Å². The predicted molar refractivity (Wildman–Crippen MR) is 237 cm³/mol. The van der Waals surface area contributed by atoms with Gasteiger partial charge in [0, 0.05) is 46.4 Å². The Morgan fingerprint density at radius 2 is 0.810 bits per heavy atom. The number of non-ortho nitro benzene ring substituents is 2. The summed E-state index contributed by atoms with van der Waals surface area (Å²) in [5, 5.41) is 23.6. The number of benzene rings is 2. The highest BCUT2D eigenvalue weighted by Gasteiger charge is 2.29. The van der Waals surface area contributed by atoms with Crippen LogP contribution in [0.25, 0.3) is 66.6 Å². The molecule has 5 aromatic rings. The van der Waals surface area contributed by atoms with Crippen LogP contribution in [0.3, 0.4) is 0 Å². The third-order valence-corrected chi connectivity index (χ3v) is 12.0. The third-order valence-electron chi connectivity index (χ3n) is 12.0. The molecular weight excluding hydrogens is 725 g/mol. The average molecular weight is 777 g/mol. The first kappa shape index (κ1) is 40.1. The molecular formula is C48H52N6O4. The number of nitrogens with one attached hydrogen (secondary N) is 2. The van der Waals surface area contributed by atoms with Crippen molar-refractivity contribution in [2.75, 3.05) is 0 Å². The van der Waals surface area contributed by atoms with Crippen molar-refractivity contribution in [2.45, 2.75) is 107 Å². The number of nitrogens with zero attached hydrogens (tertiary/aromatic N) is 4. The normalized spacial score (nSPS) is 12.8. The van der Waals surface area contributed by atoms with Gasteiger partial charge in [0.2, 0.25) is 0 Å². The van der Waals surface area contributed by atoms with Crippen molar-refractivity contribution in [3.05, 3.63) is 126 Å². The summed E-state index contributed by atoms with van der Waals surface area (Å²) in [6.07, 6.45) is 6.17. The number of H-pyrrole nitrogens is 2. The molecule has 2 aliphatic heterocycles. The van der Waals surface area contributed by atoms with E-state index in [1.165, 1.54) is 33.4 Å². The zero-order valence-corrected chi connectivity index (χ0v) is 34.9. The Morgan fingerprint density at radius 1 is 0.466 bits per heavy atom. The summed E-state index contributed by atoms with van der Waals surface area (Å²) in [7, 11) is 0. The number of aromatic nitrogens is 4. The lowest BCUT2D eigenvalue weighted by Gasteiger charge is -2.12.